The summed E-state index contributed by atoms with van der Waals surface area (Å²) in [6, 6.07) is 0.580. The summed E-state index contributed by atoms with van der Waals surface area (Å²) in [4.78, 5) is 0. The first kappa shape index (κ1) is 13.3. The van der Waals surface area contributed by atoms with Gasteiger partial charge in [0.25, 0.3) is 0 Å². The molecule has 2 aliphatic rings. The van der Waals surface area contributed by atoms with Crippen LogP contribution in [0.2, 0.25) is 0 Å². The van der Waals surface area contributed by atoms with Crippen molar-refractivity contribution in [2.45, 2.75) is 44.2 Å². The Morgan fingerprint density at radius 1 is 1.35 bits per heavy atom. The normalized spacial score (nSPS) is 26.0. The van der Waals surface area contributed by atoms with Gasteiger partial charge in [-0.1, -0.05) is 0 Å². The third kappa shape index (κ3) is 3.40. The van der Waals surface area contributed by atoms with Crippen LogP contribution in [0.4, 0.5) is 0 Å². The molecule has 0 unspecified atom stereocenters. The van der Waals surface area contributed by atoms with Gasteiger partial charge in [0, 0.05) is 25.7 Å². The Labute approximate surface area is 103 Å². The summed E-state index contributed by atoms with van der Waals surface area (Å²) >= 11 is 0. The highest BCUT2D eigenvalue weighted by Crippen LogP contribution is 2.25. The number of sulfonamides is 1. The molecule has 0 aromatic rings. The summed E-state index contributed by atoms with van der Waals surface area (Å²) < 4.78 is 24.8. The van der Waals surface area contributed by atoms with E-state index in [0.29, 0.717) is 38.5 Å². The average molecular weight is 262 g/mol. The molecule has 0 amide bonds. The van der Waals surface area contributed by atoms with E-state index < -0.39 is 15.6 Å². The van der Waals surface area contributed by atoms with Crippen LogP contribution in [0.25, 0.3) is 0 Å². The third-order valence-corrected chi connectivity index (χ3v) is 5.59. The molecule has 2 rings (SSSR count). The van der Waals surface area contributed by atoms with Crippen molar-refractivity contribution >= 4 is 10.0 Å². The van der Waals surface area contributed by atoms with Crippen LogP contribution in [0.15, 0.2) is 0 Å². The summed E-state index contributed by atoms with van der Waals surface area (Å²) in [6.07, 6.45) is 3.47. The molecule has 1 saturated heterocycles. The first-order chi connectivity index (χ1) is 7.95. The van der Waals surface area contributed by atoms with Gasteiger partial charge in [0.2, 0.25) is 10.0 Å². The number of rotatable bonds is 5. The molecule has 1 aliphatic heterocycles. The highest BCUT2D eigenvalue weighted by Gasteiger charge is 2.36. The van der Waals surface area contributed by atoms with Crippen molar-refractivity contribution in [3.05, 3.63) is 0 Å². The van der Waals surface area contributed by atoms with Gasteiger partial charge >= 0.3 is 0 Å². The molecule has 2 fully saturated rings. The van der Waals surface area contributed by atoms with E-state index in [9.17, 15) is 13.5 Å². The van der Waals surface area contributed by atoms with Crippen LogP contribution in [-0.2, 0) is 10.0 Å². The van der Waals surface area contributed by atoms with Gasteiger partial charge in [0.1, 0.15) is 0 Å². The van der Waals surface area contributed by atoms with Crippen LogP contribution < -0.4 is 5.32 Å². The van der Waals surface area contributed by atoms with Gasteiger partial charge < -0.3 is 10.4 Å². The average Bonchev–Trinajstić information content (AvgIpc) is 3.11. The summed E-state index contributed by atoms with van der Waals surface area (Å²) in [5.41, 5.74) is -0.720. The lowest BCUT2D eigenvalue weighted by molar-refractivity contribution is -0.00411. The predicted octanol–water partition coefficient (Wildman–Crippen LogP) is -0.0850. The van der Waals surface area contributed by atoms with Crippen LogP contribution in [0.5, 0.6) is 0 Å². The Kier molecular flexibility index (Phi) is 3.77. The molecule has 1 heterocycles. The Morgan fingerprint density at radius 3 is 2.41 bits per heavy atom. The predicted molar refractivity (Wildman–Crippen MR) is 66.2 cm³/mol. The molecule has 6 heteroatoms. The SMILES string of the molecule is CCS(=O)(=O)N1CCC(O)(CNC2CC2)CC1. The Hall–Kier alpha value is -0.170. The van der Waals surface area contributed by atoms with Gasteiger partial charge in [-0.3, -0.25) is 0 Å². The molecule has 0 radical (unpaired) electrons. The third-order valence-electron chi connectivity index (χ3n) is 3.71. The van der Waals surface area contributed by atoms with Crippen molar-refractivity contribution in [1.29, 1.82) is 0 Å². The summed E-state index contributed by atoms with van der Waals surface area (Å²) in [7, 11) is -3.09. The van der Waals surface area contributed by atoms with Crippen molar-refractivity contribution in [1.82, 2.24) is 9.62 Å². The van der Waals surface area contributed by atoms with Crippen molar-refractivity contribution in [2.75, 3.05) is 25.4 Å². The number of aliphatic hydroxyl groups is 1. The van der Waals surface area contributed by atoms with Crippen molar-refractivity contribution in [2.24, 2.45) is 0 Å². The van der Waals surface area contributed by atoms with Gasteiger partial charge in [-0.2, -0.15) is 0 Å². The van der Waals surface area contributed by atoms with Gasteiger partial charge in [0.05, 0.1) is 11.4 Å². The Balaban J connectivity index is 1.83. The van der Waals surface area contributed by atoms with E-state index in [2.05, 4.69) is 5.32 Å². The standard InChI is InChI=1S/C11H22N2O3S/c1-2-17(15,16)13-7-5-11(14,6-8-13)9-12-10-3-4-10/h10,12,14H,2-9H2,1H3. The van der Waals surface area contributed by atoms with E-state index in [1.165, 1.54) is 17.1 Å². The van der Waals surface area contributed by atoms with Crippen LogP contribution in [0, 0.1) is 0 Å². The van der Waals surface area contributed by atoms with Crippen LogP contribution >= 0.6 is 0 Å². The summed E-state index contributed by atoms with van der Waals surface area (Å²) in [5, 5.41) is 13.6. The van der Waals surface area contributed by atoms with Gasteiger partial charge in [0.15, 0.2) is 0 Å². The largest absolute Gasteiger partial charge is 0.388 e. The van der Waals surface area contributed by atoms with Crippen molar-refractivity contribution < 1.29 is 13.5 Å². The smallest absolute Gasteiger partial charge is 0.213 e. The zero-order valence-corrected chi connectivity index (χ0v) is 11.2. The fourth-order valence-electron chi connectivity index (χ4n) is 2.16. The zero-order valence-electron chi connectivity index (χ0n) is 10.4. The molecule has 17 heavy (non-hydrogen) atoms. The molecule has 0 atom stereocenters. The van der Waals surface area contributed by atoms with E-state index in [4.69, 9.17) is 0 Å². The fraction of sp³-hybridized carbons (Fsp3) is 1.00. The quantitative estimate of drug-likeness (QED) is 0.727. The minimum absolute atomic E-state index is 0.145. The molecule has 100 valence electrons. The van der Waals surface area contributed by atoms with Crippen LogP contribution in [-0.4, -0.2) is 54.9 Å². The van der Waals surface area contributed by atoms with E-state index in [0.717, 1.165) is 0 Å². The second-order valence-electron chi connectivity index (χ2n) is 5.18. The van der Waals surface area contributed by atoms with E-state index in [1.54, 1.807) is 6.92 Å². The molecule has 0 spiro atoms. The van der Waals surface area contributed by atoms with E-state index in [1.807, 2.05) is 0 Å². The second-order valence-corrected chi connectivity index (χ2v) is 7.44. The molecular formula is C11H22N2O3S. The molecule has 0 aromatic carbocycles. The number of nitrogens with one attached hydrogen (secondary N) is 1. The molecule has 1 aliphatic carbocycles. The van der Waals surface area contributed by atoms with E-state index in [-0.39, 0.29) is 5.75 Å². The summed E-state index contributed by atoms with van der Waals surface area (Å²) in [5.74, 6) is 0.145. The topological polar surface area (TPSA) is 69.6 Å². The minimum Gasteiger partial charge on any atom is -0.388 e. The Bertz CT molecular complexity index is 357. The van der Waals surface area contributed by atoms with Gasteiger partial charge in [-0.05, 0) is 32.6 Å². The van der Waals surface area contributed by atoms with E-state index >= 15 is 0 Å². The molecular weight excluding hydrogens is 240 g/mol. The lowest BCUT2D eigenvalue weighted by Gasteiger charge is -2.37. The van der Waals surface area contributed by atoms with Crippen molar-refractivity contribution in [3.63, 3.8) is 0 Å². The zero-order chi connectivity index (χ0) is 12.5. The van der Waals surface area contributed by atoms with Gasteiger partial charge in [-0.25, -0.2) is 12.7 Å². The van der Waals surface area contributed by atoms with Gasteiger partial charge in [-0.15, -0.1) is 0 Å². The molecule has 5 nitrogen and oxygen atoms in total. The highest BCUT2D eigenvalue weighted by atomic mass is 32.2. The molecule has 0 bridgehead atoms. The highest BCUT2D eigenvalue weighted by molar-refractivity contribution is 7.89. The number of hydrogen-bond acceptors (Lipinski definition) is 4. The van der Waals surface area contributed by atoms with Crippen LogP contribution in [0.3, 0.4) is 0 Å². The fourth-order valence-corrected chi connectivity index (χ4v) is 3.27. The number of piperidine rings is 1. The minimum atomic E-state index is -3.09. The molecule has 0 aromatic heterocycles. The lowest BCUT2D eigenvalue weighted by Crippen LogP contribution is -2.51. The first-order valence-electron chi connectivity index (χ1n) is 6.39. The lowest BCUT2D eigenvalue weighted by atomic mass is 9.92. The van der Waals surface area contributed by atoms with Crippen LogP contribution in [0.1, 0.15) is 32.6 Å². The molecule has 2 N–H and O–H groups in total. The first-order valence-corrected chi connectivity index (χ1v) is 8.00. The maximum absolute atomic E-state index is 11.7. The number of nitrogens with zero attached hydrogens (tertiary/aromatic N) is 1. The number of hydrogen-bond donors (Lipinski definition) is 2. The molecule has 1 saturated carbocycles. The summed E-state index contributed by atoms with van der Waals surface area (Å²) in [6.45, 7) is 3.14. The second kappa shape index (κ2) is 4.84. The monoisotopic (exact) mass is 262 g/mol. The maximum Gasteiger partial charge on any atom is 0.213 e. The Morgan fingerprint density at radius 2 is 1.94 bits per heavy atom. The van der Waals surface area contributed by atoms with Crippen molar-refractivity contribution in [3.8, 4) is 0 Å². The maximum atomic E-state index is 11.7.